The summed E-state index contributed by atoms with van der Waals surface area (Å²) in [7, 11) is 1.71. The molecule has 0 radical (unpaired) electrons. The molecule has 2 rings (SSSR count). The van der Waals surface area contributed by atoms with Gasteiger partial charge in [-0.1, -0.05) is 0 Å². The number of fused-ring (bicyclic) bond motifs is 1. The van der Waals surface area contributed by atoms with Crippen LogP contribution in [-0.2, 0) is 9.47 Å². The maximum atomic E-state index is 11.9. The standard InChI is InChI=1S/C12H21IN2O3/c1-12(2,13)18-11(16)15-6-8-9(7-15)10(8)14-4-5-17-3/h8-10,14H,4-7H2,1-3H3. The van der Waals surface area contributed by atoms with Crippen LogP contribution in [-0.4, -0.2) is 54.0 Å². The fraction of sp³-hybridized carbons (Fsp3) is 0.917. The highest BCUT2D eigenvalue weighted by Crippen LogP contribution is 2.45. The number of piperidine rings is 1. The smallest absolute Gasteiger partial charge is 0.411 e. The molecule has 104 valence electrons. The minimum Gasteiger partial charge on any atom is -0.433 e. The maximum Gasteiger partial charge on any atom is 0.411 e. The summed E-state index contributed by atoms with van der Waals surface area (Å²) in [6.45, 7) is 7.04. The van der Waals surface area contributed by atoms with Gasteiger partial charge in [0.25, 0.3) is 0 Å². The van der Waals surface area contributed by atoms with E-state index in [2.05, 4.69) is 27.9 Å². The van der Waals surface area contributed by atoms with Crippen LogP contribution in [0.4, 0.5) is 4.79 Å². The molecule has 2 fully saturated rings. The number of amides is 1. The second-order valence-electron chi connectivity index (χ2n) is 5.44. The second-order valence-corrected chi connectivity index (χ2v) is 8.03. The number of hydrogen-bond acceptors (Lipinski definition) is 4. The summed E-state index contributed by atoms with van der Waals surface area (Å²) in [5.74, 6) is 1.21. The Bertz CT molecular complexity index is 307. The molecule has 1 aliphatic carbocycles. The summed E-state index contributed by atoms with van der Waals surface area (Å²) in [5, 5.41) is 3.46. The highest BCUT2D eigenvalue weighted by molar-refractivity contribution is 14.1. The first-order valence-electron chi connectivity index (χ1n) is 6.31. The van der Waals surface area contributed by atoms with Crippen LogP contribution in [0.1, 0.15) is 13.8 Å². The van der Waals surface area contributed by atoms with E-state index in [4.69, 9.17) is 9.47 Å². The molecule has 0 aromatic heterocycles. The van der Waals surface area contributed by atoms with Gasteiger partial charge in [0.15, 0.2) is 3.61 Å². The summed E-state index contributed by atoms with van der Waals surface area (Å²) in [6, 6.07) is 0.566. The van der Waals surface area contributed by atoms with Gasteiger partial charge in [-0.25, -0.2) is 4.79 Å². The first kappa shape index (κ1) is 14.3. The number of carbonyl (C=O) groups is 1. The monoisotopic (exact) mass is 368 g/mol. The van der Waals surface area contributed by atoms with Gasteiger partial charge >= 0.3 is 6.09 Å². The lowest BCUT2D eigenvalue weighted by atomic mass is 10.4. The topological polar surface area (TPSA) is 50.8 Å². The third-order valence-corrected chi connectivity index (χ3v) is 3.69. The first-order valence-corrected chi connectivity index (χ1v) is 7.39. The Morgan fingerprint density at radius 1 is 1.44 bits per heavy atom. The van der Waals surface area contributed by atoms with Crippen LogP contribution in [0.25, 0.3) is 0 Å². The predicted molar refractivity (Wildman–Crippen MR) is 76.8 cm³/mol. The normalized spacial score (nSPS) is 30.2. The van der Waals surface area contributed by atoms with Gasteiger partial charge in [0, 0.05) is 32.8 Å². The number of alkyl halides is 1. The minimum atomic E-state index is -0.433. The lowest BCUT2D eigenvalue weighted by Crippen LogP contribution is -2.38. The summed E-state index contributed by atoms with van der Waals surface area (Å²) < 4.78 is 9.93. The van der Waals surface area contributed by atoms with Crippen LogP contribution in [0.2, 0.25) is 0 Å². The van der Waals surface area contributed by atoms with Gasteiger partial charge in [0.1, 0.15) is 0 Å². The van der Waals surface area contributed by atoms with Crippen LogP contribution in [0, 0.1) is 11.8 Å². The first-order chi connectivity index (χ1) is 8.42. The van der Waals surface area contributed by atoms with Gasteiger partial charge in [-0.2, -0.15) is 0 Å². The number of rotatable bonds is 5. The van der Waals surface area contributed by atoms with Crippen molar-refractivity contribution >= 4 is 28.7 Å². The number of likely N-dealkylation sites (tertiary alicyclic amines) is 1. The van der Waals surface area contributed by atoms with Crippen LogP contribution < -0.4 is 5.32 Å². The van der Waals surface area contributed by atoms with Crippen molar-refractivity contribution in [2.24, 2.45) is 11.8 Å². The number of halogens is 1. The van der Waals surface area contributed by atoms with Crippen molar-refractivity contribution in [3.05, 3.63) is 0 Å². The molecule has 2 atom stereocenters. The van der Waals surface area contributed by atoms with E-state index in [9.17, 15) is 4.79 Å². The van der Waals surface area contributed by atoms with E-state index >= 15 is 0 Å². The van der Waals surface area contributed by atoms with Crippen LogP contribution in [0.3, 0.4) is 0 Å². The van der Waals surface area contributed by atoms with Crippen molar-refractivity contribution in [1.29, 1.82) is 0 Å². The Balaban J connectivity index is 1.69. The Morgan fingerprint density at radius 3 is 2.56 bits per heavy atom. The average molecular weight is 368 g/mol. The van der Waals surface area contributed by atoms with Gasteiger partial charge < -0.3 is 19.7 Å². The lowest BCUT2D eigenvalue weighted by molar-refractivity contribution is 0.0723. The quantitative estimate of drug-likeness (QED) is 0.454. The Hall–Kier alpha value is -0.0800. The number of hydrogen-bond donors (Lipinski definition) is 1. The molecule has 1 N–H and O–H groups in total. The van der Waals surface area contributed by atoms with Gasteiger partial charge in [-0.15, -0.1) is 0 Å². The molecule has 1 aliphatic heterocycles. The molecule has 2 unspecified atom stereocenters. The molecule has 1 saturated heterocycles. The number of nitrogens with zero attached hydrogens (tertiary/aromatic N) is 1. The molecule has 0 aromatic carbocycles. The molecular formula is C12H21IN2O3. The highest BCUT2D eigenvalue weighted by atomic mass is 127. The van der Waals surface area contributed by atoms with Crippen molar-refractivity contribution in [2.75, 3.05) is 33.4 Å². The average Bonchev–Trinajstić information content (AvgIpc) is 2.72. The molecule has 6 heteroatoms. The van der Waals surface area contributed by atoms with Crippen molar-refractivity contribution in [3.8, 4) is 0 Å². The Morgan fingerprint density at radius 2 is 2.06 bits per heavy atom. The fourth-order valence-corrected chi connectivity index (χ4v) is 2.77. The van der Waals surface area contributed by atoms with Gasteiger partial charge in [-0.05, 0) is 48.3 Å². The van der Waals surface area contributed by atoms with Gasteiger partial charge in [0.05, 0.1) is 6.61 Å². The molecule has 0 aromatic rings. The summed E-state index contributed by atoms with van der Waals surface area (Å²) in [6.07, 6.45) is -0.183. The van der Waals surface area contributed by atoms with E-state index in [-0.39, 0.29) is 6.09 Å². The maximum absolute atomic E-state index is 11.9. The number of ether oxygens (including phenoxy) is 2. The van der Waals surface area contributed by atoms with Crippen molar-refractivity contribution in [1.82, 2.24) is 10.2 Å². The van der Waals surface area contributed by atoms with Crippen molar-refractivity contribution < 1.29 is 14.3 Å². The van der Waals surface area contributed by atoms with Crippen LogP contribution in [0.5, 0.6) is 0 Å². The second kappa shape index (κ2) is 5.50. The molecule has 0 spiro atoms. The van der Waals surface area contributed by atoms with Gasteiger partial charge in [0.2, 0.25) is 0 Å². The molecule has 1 heterocycles. The molecule has 2 aliphatic rings. The molecule has 0 bridgehead atoms. The third kappa shape index (κ3) is 3.48. The number of methoxy groups -OCH3 is 1. The van der Waals surface area contributed by atoms with E-state index < -0.39 is 3.61 Å². The largest absolute Gasteiger partial charge is 0.433 e. The van der Waals surface area contributed by atoms with E-state index in [0.717, 1.165) is 26.2 Å². The summed E-state index contributed by atoms with van der Waals surface area (Å²) >= 11 is 2.13. The lowest BCUT2D eigenvalue weighted by Gasteiger charge is -2.24. The zero-order valence-corrected chi connectivity index (χ0v) is 13.3. The third-order valence-electron chi connectivity index (χ3n) is 3.47. The molecular weight excluding hydrogens is 347 g/mol. The summed E-state index contributed by atoms with van der Waals surface area (Å²) in [4.78, 5) is 13.7. The zero-order valence-electron chi connectivity index (χ0n) is 11.1. The van der Waals surface area contributed by atoms with Crippen LogP contribution in [0.15, 0.2) is 0 Å². The van der Waals surface area contributed by atoms with Crippen LogP contribution >= 0.6 is 22.6 Å². The number of nitrogens with one attached hydrogen (secondary N) is 1. The van der Waals surface area contributed by atoms with E-state index in [1.165, 1.54) is 0 Å². The van der Waals surface area contributed by atoms with E-state index in [1.54, 1.807) is 7.11 Å². The molecule has 18 heavy (non-hydrogen) atoms. The number of carbonyl (C=O) groups excluding carboxylic acids is 1. The SMILES string of the molecule is COCCNC1C2CN(C(=O)OC(C)(C)I)CC21. The molecule has 1 amide bonds. The molecule has 5 nitrogen and oxygen atoms in total. The van der Waals surface area contributed by atoms with Crippen molar-refractivity contribution in [3.63, 3.8) is 0 Å². The fourth-order valence-electron chi connectivity index (χ4n) is 2.58. The van der Waals surface area contributed by atoms with Gasteiger partial charge in [-0.3, -0.25) is 0 Å². The van der Waals surface area contributed by atoms with E-state index in [1.807, 2.05) is 18.7 Å². The Kier molecular flexibility index (Phi) is 4.38. The van der Waals surface area contributed by atoms with E-state index in [0.29, 0.717) is 17.9 Å². The highest BCUT2D eigenvalue weighted by Gasteiger charge is 2.56. The molecule has 1 saturated carbocycles. The zero-order chi connectivity index (χ0) is 13.3. The minimum absolute atomic E-state index is 0.183. The Labute approximate surface area is 122 Å². The predicted octanol–water partition coefficient (Wildman–Crippen LogP) is 1.46. The summed E-state index contributed by atoms with van der Waals surface area (Å²) in [5.41, 5.74) is 0. The van der Waals surface area contributed by atoms with Crippen molar-refractivity contribution in [2.45, 2.75) is 23.5 Å².